The lowest BCUT2D eigenvalue weighted by atomic mass is 9.74. The lowest BCUT2D eigenvalue weighted by Crippen LogP contribution is -2.25. The van der Waals surface area contributed by atoms with Gasteiger partial charge in [0.1, 0.15) is 0 Å². The number of hydrogen-bond acceptors (Lipinski definition) is 1. The summed E-state index contributed by atoms with van der Waals surface area (Å²) in [5, 5.41) is 0. The molecule has 1 saturated carbocycles. The van der Waals surface area contributed by atoms with Gasteiger partial charge < -0.3 is 0 Å². The Kier molecular flexibility index (Phi) is 1.41. The molecule has 1 fully saturated rings. The molecule has 0 aromatic rings. The Hall–Kier alpha value is -0.590. The van der Waals surface area contributed by atoms with Gasteiger partial charge in [-0.3, -0.25) is 4.79 Å². The van der Waals surface area contributed by atoms with Crippen LogP contribution in [-0.4, -0.2) is 5.78 Å². The molecular formula is C10H14O. The standard InChI is InChI=1S/C10H14O/c1-10-5-2-3-8(10)7-9(11)4-6-10/h4,6,8H,2-3,5,7H2,1H3/t8-,10-/m0/s1. The second-order valence-electron chi connectivity index (χ2n) is 4.10. The highest BCUT2D eigenvalue weighted by molar-refractivity contribution is 5.91. The van der Waals surface area contributed by atoms with E-state index in [9.17, 15) is 4.79 Å². The van der Waals surface area contributed by atoms with Gasteiger partial charge in [0.25, 0.3) is 0 Å². The van der Waals surface area contributed by atoms with Crippen molar-refractivity contribution in [3.05, 3.63) is 12.2 Å². The highest BCUT2D eigenvalue weighted by Gasteiger charge is 2.39. The van der Waals surface area contributed by atoms with Crippen molar-refractivity contribution in [2.75, 3.05) is 0 Å². The van der Waals surface area contributed by atoms with Gasteiger partial charge in [-0.05, 0) is 30.3 Å². The normalized spacial score (nSPS) is 42.6. The van der Waals surface area contributed by atoms with Gasteiger partial charge in [0.2, 0.25) is 0 Å². The SMILES string of the molecule is C[C@]12C=CC(=O)C[C@@H]1CCC2. The molecule has 0 saturated heterocycles. The van der Waals surface area contributed by atoms with Crippen LogP contribution in [0.3, 0.4) is 0 Å². The molecule has 0 amide bonds. The summed E-state index contributed by atoms with van der Waals surface area (Å²) in [5.74, 6) is 0.981. The Morgan fingerprint density at radius 3 is 3.27 bits per heavy atom. The zero-order valence-electron chi connectivity index (χ0n) is 6.97. The quantitative estimate of drug-likeness (QED) is 0.518. The molecule has 0 radical (unpaired) electrons. The smallest absolute Gasteiger partial charge is 0.155 e. The van der Waals surface area contributed by atoms with E-state index in [0.717, 1.165) is 6.42 Å². The molecular weight excluding hydrogens is 136 g/mol. The van der Waals surface area contributed by atoms with E-state index in [1.807, 2.05) is 0 Å². The van der Waals surface area contributed by atoms with E-state index in [0.29, 0.717) is 17.1 Å². The van der Waals surface area contributed by atoms with Gasteiger partial charge in [-0.15, -0.1) is 0 Å². The van der Waals surface area contributed by atoms with Crippen LogP contribution >= 0.6 is 0 Å². The zero-order chi connectivity index (χ0) is 7.90. The minimum Gasteiger partial charge on any atom is -0.295 e. The first-order valence-corrected chi connectivity index (χ1v) is 4.43. The molecule has 0 N–H and O–H groups in total. The number of fused-ring (bicyclic) bond motifs is 1. The molecule has 2 aliphatic carbocycles. The summed E-state index contributed by atoms with van der Waals surface area (Å²) in [4.78, 5) is 11.1. The van der Waals surface area contributed by atoms with Crippen LogP contribution in [0.5, 0.6) is 0 Å². The largest absolute Gasteiger partial charge is 0.295 e. The first kappa shape index (κ1) is 7.08. The van der Waals surface area contributed by atoms with E-state index >= 15 is 0 Å². The second kappa shape index (κ2) is 2.20. The van der Waals surface area contributed by atoms with Crippen LogP contribution in [0.25, 0.3) is 0 Å². The molecule has 0 aromatic heterocycles. The van der Waals surface area contributed by atoms with Crippen molar-refractivity contribution in [3.63, 3.8) is 0 Å². The number of carbonyl (C=O) groups excluding carboxylic acids is 1. The molecule has 0 spiro atoms. The number of ketones is 1. The van der Waals surface area contributed by atoms with Crippen molar-refractivity contribution in [1.29, 1.82) is 0 Å². The van der Waals surface area contributed by atoms with Gasteiger partial charge in [-0.25, -0.2) is 0 Å². The molecule has 2 atom stereocenters. The Bertz CT molecular complexity index is 217. The lowest BCUT2D eigenvalue weighted by Gasteiger charge is -2.30. The second-order valence-corrected chi connectivity index (χ2v) is 4.10. The van der Waals surface area contributed by atoms with Gasteiger partial charge in [0.15, 0.2) is 5.78 Å². The first-order chi connectivity index (χ1) is 5.21. The molecule has 11 heavy (non-hydrogen) atoms. The minimum atomic E-state index is 0.328. The van der Waals surface area contributed by atoms with E-state index in [1.54, 1.807) is 6.08 Å². The predicted molar refractivity (Wildman–Crippen MR) is 44.2 cm³/mol. The summed E-state index contributed by atoms with van der Waals surface area (Å²) in [6.45, 7) is 2.29. The Balaban J connectivity index is 2.28. The summed E-state index contributed by atoms with van der Waals surface area (Å²) in [7, 11) is 0. The Morgan fingerprint density at radius 1 is 1.64 bits per heavy atom. The molecule has 0 aromatic carbocycles. The molecule has 0 heterocycles. The van der Waals surface area contributed by atoms with Gasteiger partial charge in [0, 0.05) is 6.42 Å². The maximum Gasteiger partial charge on any atom is 0.155 e. The average Bonchev–Trinajstić information content (AvgIpc) is 2.31. The van der Waals surface area contributed by atoms with Crippen molar-refractivity contribution in [3.8, 4) is 0 Å². The van der Waals surface area contributed by atoms with Crippen LogP contribution in [0.4, 0.5) is 0 Å². The third kappa shape index (κ3) is 1.03. The Labute approximate surface area is 67.5 Å². The fourth-order valence-electron chi connectivity index (χ4n) is 2.41. The van der Waals surface area contributed by atoms with E-state index in [1.165, 1.54) is 19.3 Å². The number of hydrogen-bond donors (Lipinski definition) is 0. The summed E-state index contributed by atoms with van der Waals surface area (Å²) in [6, 6.07) is 0. The van der Waals surface area contributed by atoms with E-state index in [-0.39, 0.29) is 0 Å². The minimum absolute atomic E-state index is 0.328. The maximum absolute atomic E-state index is 11.1. The molecule has 2 aliphatic rings. The van der Waals surface area contributed by atoms with Gasteiger partial charge in [-0.1, -0.05) is 19.4 Å². The number of carbonyl (C=O) groups is 1. The van der Waals surface area contributed by atoms with Gasteiger partial charge in [-0.2, -0.15) is 0 Å². The van der Waals surface area contributed by atoms with Crippen molar-refractivity contribution in [2.45, 2.75) is 32.6 Å². The van der Waals surface area contributed by atoms with E-state index in [2.05, 4.69) is 13.0 Å². The predicted octanol–water partition coefficient (Wildman–Crippen LogP) is 2.32. The molecule has 2 rings (SSSR count). The Morgan fingerprint density at radius 2 is 2.45 bits per heavy atom. The highest BCUT2D eigenvalue weighted by Crippen LogP contribution is 2.47. The van der Waals surface area contributed by atoms with Gasteiger partial charge >= 0.3 is 0 Å². The van der Waals surface area contributed by atoms with Gasteiger partial charge in [0.05, 0.1) is 0 Å². The topological polar surface area (TPSA) is 17.1 Å². The monoisotopic (exact) mass is 150 g/mol. The fourth-order valence-corrected chi connectivity index (χ4v) is 2.41. The number of allylic oxidation sites excluding steroid dienone is 2. The van der Waals surface area contributed by atoms with Crippen LogP contribution in [0, 0.1) is 11.3 Å². The zero-order valence-corrected chi connectivity index (χ0v) is 6.97. The summed E-state index contributed by atoms with van der Waals surface area (Å²) < 4.78 is 0. The van der Waals surface area contributed by atoms with Crippen molar-refractivity contribution in [2.24, 2.45) is 11.3 Å². The summed E-state index contributed by atoms with van der Waals surface area (Å²) in [6.07, 6.45) is 8.55. The van der Waals surface area contributed by atoms with Crippen molar-refractivity contribution < 1.29 is 4.79 Å². The van der Waals surface area contributed by atoms with Crippen LogP contribution in [-0.2, 0) is 4.79 Å². The third-order valence-electron chi connectivity index (χ3n) is 3.30. The molecule has 0 bridgehead atoms. The molecule has 1 heteroatoms. The maximum atomic E-state index is 11.1. The van der Waals surface area contributed by atoms with Crippen LogP contribution in [0.1, 0.15) is 32.6 Å². The van der Waals surface area contributed by atoms with Crippen LogP contribution in [0.2, 0.25) is 0 Å². The fraction of sp³-hybridized carbons (Fsp3) is 0.700. The van der Waals surface area contributed by atoms with Crippen molar-refractivity contribution >= 4 is 5.78 Å². The highest BCUT2D eigenvalue weighted by atomic mass is 16.1. The lowest BCUT2D eigenvalue weighted by molar-refractivity contribution is -0.116. The molecule has 0 aliphatic heterocycles. The molecule has 60 valence electrons. The van der Waals surface area contributed by atoms with Crippen molar-refractivity contribution in [1.82, 2.24) is 0 Å². The summed E-state index contributed by atoms with van der Waals surface area (Å²) >= 11 is 0. The van der Waals surface area contributed by atoms with Crippen LogP contribution < -0.4 is 0 Å². The van der Waals surface area contributed by atoms with E-state index < -0.39 is 0 Å². The third-order valence-corrected chi connectivity index (χ3v) is 3.30. The molecule has 1 nitrogen and oxygen atoms in total. The average molecular weight is 150 g/mol. The number of rotatable bonds is 0. The summed E-state index contributed by atoms with van der Waals surface area (Å²) in [5.41, 5.74) is 0.369. The van der Waals surface area contributed by atoms with Crippen LogP contribution in [0.15, 0.2) is 12.2 Å². The first-order valence-electron chi connectivity index (χ1n) is 4.43. The van der Waals surface area contributed by atoms with E-state index in [4.69, 9.17) is 0 Å². The molecule has 0 unspecified atom stereocenters.